The molecule has 4 N–H and O–H groups in total. The molecule has 1 rings (SSSR count). The van der Waals surface area contributed by atoms with E-state index in [1.165, 1.54) is 0 Å². The molecule has 0 aliphatic heterocycles. The van der Waals surface area contributed by atoms with Crippen LogP contribution in [0.15, 0.2) is 12.1 Å². The van der Waals surface area contributed by atoms with E-state index < -0.39 is 17.8 Å². The number of pyridine rings is 1. The molecule has 0 saturated carbocycles. The Morgan fingerprint density at radius 2 is 2.06 bits per heavy atom. The van der Waals surface area contributed by atoms with Gasteiger partial charge in [-0.3, -0.25) is 0 Å². The van der Waals surface area contributed by atoms with E-state index in [1.54, 1.807) is 0 Å². The van der Waals surface area contributed by atoms with Crippen molar-refractivity contribution in [2.75, 3.05) is 18.4 Å². The summed E-state index contributed by atoms with van der Waals surface area (Å²) in [5.41, 5.74) is 3.92. The molecular weight excluding hydrogens is 273 g/mol. The van der Waals surface area contributed by atoms with Crippen molar-refractivity contribution in [2.45, 2.75) is 6.18 Å². The maximum absolute atomic E-state index is 12.5. The third kappa shape index (κ3) is 4.66. The van der Waals surface area contributed by atoms with Crippen LogP contribution < -0.4 is 16.4 Å². The van der Waals surface area contributed by atoms with Crippen LogP contribution in [0.2, 0.25) is 5.15 Å². The molecule has 0 bridgehead atoms. The Morgan fingerprint density at radius 3 is 2.61 bits per heavy atom. The first-order valence-corrected chi connectivity index (χ1v) is 5.19. The molecule has 100 valence electrons. The number of nitrogens with one attached hydrogen (secondary N) is 2. The number of aromatic nitrogens is 1. The van der Waals surface area contributed by atoms with Crippen LogP contribution in [-0.4, -0.2) is 24.1 Å². The second-order valence-electron chi connectivity index (χ2n) is 3.28. The average Bonchev–Trinajstić information content (AvgIpc) is 2.22. The number of anilines is 1. The number of primary amides is 1. The molecule has 1 aromatic heterocycles. The number of nitrogens with zero attached hydrogens (tertiary/aromatic N) is 1. The van der Waals surface area contributed by atoms with E-state index in [-0.39, 0.29) is 24.1 Å². The van der Waals surface area contributed by atoms with Gasteiger partial charge in [0.1, 0.15) is 11.0 Å². The Morgan fingerprint density at radius 1 is 1.39 bits per heavy atom. The van der Waals surface area contributed by atoms with Crippen LogP contribution >= 0.6 is 11.6 Å². The van der Waals surface area contributed by atoms with Gasteiger partial charge in [0.05, 0.1) is 5.56 Å². The highest BCUT2D eigenvalue weighted by molar-refractivity contribution is 6.29. The zero-order chi connectivity index (χ0) is 13.8. The Kier molecular flexibility index (Phi) is 4.60. The van der Waals surface area contributed by atoms with E-state index in [1.807, 2.05) is 0 Å². The van der Waals surface area contributed by atoms with Gasteiger partial charge < -0.3 is 16.4 Å². The van der Waals surface area contributed by atoms with E-state index in [0.29, 0.717) is 0 Å². The van der Waals surface area contributed by atoms with Crippen molar-refractivity contribution in [1.29, 1.82) is 0 Å². The fraction of sp³-hybridized carbons (Fsp3) is 0.333. The van der Waals surface area contributed by atoms with Crippen LogP contribution in [0.25, 0.3) is 0 Å². The lowest BCUT2D eigenvalue weighted by atomic mass is 10.2. The van der Waals surface area contributed by atoms with E-state index in [9.17, 15) is 18.0 Å². The van der Waals surface area contributed by atoms with Crippen LogP contribution in [0.4, 0.5) is 23.8 Å². The summed E-state index contributed by atoms with van der Waals surface area (Å²) in [5, 5.41) is 4.59. The van der Waals surface area contributed by atoms with E-state index in [0.717, 1.165) is 12.1 Å². The average molecular weight is 283 g/mol. The number of halogens is 4. The highest BCUT2D eigenvalue weighted by atomic mass is 35.5. The second-order valence-corrected chi connectivity index (χ2v) is 3.67. The van der Waals surface area contributed by atoms with Crippen molar-refractivity contribution in [1.82, 2.24) is 10.3 Å². The lowest BCUT2D eigenvalue weighted by Gasteiger charge is -2.10. The zero-order valence-electron chi connectivity index (χ0n) is 9.01. The van der Waals surface area contributed by atoms with E-state index in [4.69, 9.17) is 17.3 Å². The number of urea groups is 1. The summed E-state index contributed by atoms with van der Waals surface area (Å²) in [5.74, 6) is -0.0268. The molecule has 9 heteroatoms. The molecule has 0 unspecified atom stereocenters. The molecule has 1 heterocycles. The molecule has 1 aromatic rings. The minimum Gasteiger partial charge on any atom is -0.368 e. The van der Waals surface area contributed by atoms with Gasteiger partial charge in [0.25, 0.3) is 0 Å². The summed E-state index contributed by atoms with van der Waals surface area (Å²) in [6.45, 7) is 0.332. The van der Waals surface area contributed by atoms with Crippen molar-refractivity contribution in [3.05, 3.63) is 22.8 Å². The minimum absolute atomic E-state index is 0.0268. The Bertz CT molecular complexity index is 438. The van der Waals surface area contributed by atoms with Gasteiger partial charge in [0, 0.05) is 13.1 Å². The van der Waals surface area contributed by atoms with Gasteiger partial charge in [-0.2, -0.15) is 13.2 Å². The highest BCUT2D eigenvalue weighted by Crippen LogP contribution is 2.31. The fourth-order valence-electron chi connectivity index (χ4n) is 1.13. The van der Waals surface area contributed by atoms with Gasteiger partial charge in [-0.15, -0.1) is 0 Å². The van der Waals surface area contributed by atoms with Crippen LogP contribution in [-0.2, 0) is 6.18 Å². The molecule has 0 saturated heterocycles. The maximum atomic E-state index is 12.5. The third-order valence-corrected chi connectivity index (χ3v) is 2.05. The smallest absolute Gasteiger partial charge is 0.368 e. The standard InChI is InChI=1S/C9H10ClF3N4O/c10-6-3-5(9(11,12)13)4-7(17-6)15-1-2-16-8(14)18/h3-4H,1-2H2,(H,15,17)(H3,14,16,18). The first-order valence-electron chi connectivity index (χ1n) is 4.81. The van der Waals surface area contributed by atoms with Crippen LogP contribution in [0.1, 0.15) is 5.56 Å². The molecule has 0 radical (unpaired) electrons. The normalized spacial score (nSPS) is 11.1. The van der Waals surface area contributed by atoms with Crippen molar-refractivity contribution >= 4 is 23.4 Å². The van der Waals surface area contributed by atoms with Crippen molar-refractivity contribution in [3.63, 3.8) is 0 Å². The monoisotopic (exact) mass is 282 g/mol. The van der Waals surface area contributed by atoms with E-state index in [2.05, 4.69) is 15.6 Å². The summed E-state index contributed by atoms with van der Waals surface area (Å²) >= 11 is 5.48. The molecule has 0 aliphatic rings. The zero-order valence-corrected chi connectivity index (χ0v) is 9.77. The largest absolute Gasteiger partial charge is 0.416 e. The predicted molar refractivity (Wildman–Crippen MR) is 60.3 cm³/mol. The Labute approximate surface area is 106 Å². The number of carbonyl (C=O) groups excluding carboxylic acids is 1. The van der Waals surface area contributed by atoms with Gasteiger partial charge in [0.15, 0.2) is 0 Å². The van der Waals surface area contributed by atoms with Crippen molar-refractivity contribution in [3.8, 4) is 0 Å². The first kappa shape index (κ1) is 14.4. The van der Waals surface area contributed by atoms with E-state index >= 15 is 0 Å². The molecule has 0 atom stereocenters. The molecule has 5 nitrogen and oxygen atoms in total. The molecule has 2 amide bonds. The topological polar surface area (TPSA) is 80.0 Å². The second kappa shape index (κ2) is 5.76. The lowest BCUT2D eigenvalue weighted by Crippen LogP contribution is -2.33. The SMILES string of the molecule is NC(=O)NCCNc1cc(C(F)(F)F)cc(Cl)n1. The summed E-state index contributed by atoms with van der Waals surface area (Å²) in [6.07, 6.45) is -4.49. The van der Waals surface area contributed by atoms with Crippen LogP contribution in [0.3, 0.4) is 0 Å². The number of alkyl halides is 3. The molecule has 0 aromatic carbocycles. The van der Waals surface area contributed by atoms with Crippen LogP contribution in [0.5, 0.6) is 0 Å². The fourth-order valence-corrected chi connectivity index (χ4v) is 1.34. The first-order chi connectivity index (χ1) is 8.29. The highest BCUT2D eigenvalue weighted by Gasteiger charge is 2.31. The number of carbonyl (C=O) groups is 1. The number of hydrogen-bond donors (Lipinski definition) is 3. The Balaban J connectivity index is 2.66. The van der Waals surface area contributed by atoms with Crippen LogP contribution in [0, 0.1) is 0 Å². The van der Waals surface area contributed by atoms with Gasteiger partial charge in [-0.1, -0.05) is 11.6 Å². The lowest BCUT2D eigenvalue weighted by molar-refractivity contribution is -0.137. The number of nitrogens with two attached hydrogens (primary N) is 1. The van der Waals surface area contributed by atoms with Gasteiger partial charge in [-0.05, 0) is 12.1 Å². The van der Waals surface area contributed by atoms with Gasteiger partial charge in [0.2, 0.25) is 0 Å². The maximum Gasteiger partial charge on any atom is 0.416 e. The number of rotatable bonds is 4. The molecule has 0 aliphatic carbocycles. The molecule has 0 spiro atoms. The quantitative estimate of drug-likeness (QED) is 0.582. The Hall–Kier alpha value is -1.70. The van der Waals surface area contributed by atoms with Crippen molar-refractivity contribution in [2.24, 2.45) is 5.73 Å². The van der Waals surface area contributed by atoms with Gasteiger partial charge >= 0.3 is 12.2 Å². The number of amides is 2. The number of hydrogen-bond acceptors (Lipinski definition) is 3. The summed E-state index contributed by atoms with van der Waals surface area (Å²) in [7, 11) is 0. The molecule has 18 heavy (non-hydrogen) atoms. The van der Waals surface area contributed by atoms with Gasteiger partial charge in [-0.25, -0.2) is 9.78 Å². The summed E-state index contributed by atoms with van der Waals surface area (Å²) < 4.78 is 37.4. The molecular formula is C9H10ClF3N4O. The third-order valence-electron chi connectivity index (χ3n) is 1.85. The summed E-state index contributed by atoms with van der Waals surface area (Å²) in [4.78, 5) is 14.0. The summed E-state index contributed by atoms with van der Waals surface area (Å²) in [6, 6.07) is 0.844. The predicted octanol–water partition coefficient (Wildman–Crippen LogP) is 1.83. The molecule has 0 fully saturated rings. The minimum atomic E-state index is -4.49. The van der Waals surface area contributed by atoms with Crippen molar-refractivity contribution < 1.29 is 18.0 Å².